The molecule has 35 heavy (non-hydrogen) atoms. The molecule has 1 heterocycles. The topological polar surface area (TPSA) is 84.9 Å². The number of halogens is 6. The molecule has 0 unspecified atom stereocenters. The fourth-order valence-corrected chi connectivity index (χ4v) is 4.06. The van der Waals surface area contributed by atoms with Gasteiger partial charge in [0.2, 0.25) is 0 Å². The van der Waals surface area contributed by atoms with E-state index in [0.717, 1.165) is 31.0 Å². The molecule has 0 aliphatic carbocycles. The Balaban J connectivity index is 2.27. The Hall–Kier alpha value is -3.26. The van der Waals surface area contributed by atoms with Gasteiger partial charge >= 0.3 is 18.3 Å². The fourth-order valence-electron chi connectivity index (χ4n) is 3.02. The summed E-state index contributed by atoms with van der Waals surface area (Å²) in [6.07, 6.45) is -8.92. The van der Waals surface area contributed by atoms with Crippen molar-refractivity contribution in [2.75, 3.05) is 13.7 Å². The largest absolute Gasteiger partial charge is 0.493 e. The van der Waals surface area contributed by atoms with Gasteiger partial charge in [0.05, 0.1) is 23.1 Å². The van der Waals surface area contributed by atoms with Crippen LogP contribution >= 0.6 is 24.0 Å². The maximum absolute atomic E-state index is 13.3. The summed E-state index contributed by atoms with van der Waals surface area (Å²) in [5.41, 5.74) is -3.67. The number of carbonyl (C=O) groups excluding carboxylic acids is 1. The zero-order valence-corrected chi connectivity index (χ0v) is 19.0. The summed E-state index contributed by atoms with van der Waals surface area (Å²) in [5.74, 6) is -2.35. The Morgan fingerprint density at radius 1 is 1.06 bits per heavy atom. The Morgan fingerprint density at radius 2 is 1.63 bits per heavy atom. The molecule has 0 atom stereocenters. The van der Waals surface area contributed by atoms with Crippen molar-refractivity contribution in [2.45, 2.75) is 12.4 Å². The summed E-state index contributed by atoms with van der Waals surface area (Å²) in [4.78, 5) is 23.1. The number of hydrogen-bond acceptors (Lipinski definition) is 6. The molecule has 1 amide bonds. The van der Waals surface area contributed by atoms with Crippen molar-refractivity contribution >= 4 is 46.3 Å². The molecule has 2 N–H and O–H groups in total. The van der Waals surface area contributed by atoms with Gasteiger partial charge in [0.25, 0.3) is 5.91 Å². The molecule has 1 fully saturated rings. The van der Waals surface area contributed by atoms with Crippen molar-refractivity contribution in [3.05, 3.63) is 51.9 Å². The Labute approximate surface area is 202 Å². The first-order chi connectivity index (χ1) is 16.2. The second-order valence-corrected chi connectivity index (χ2v) is 8.64. The van der Waals surface area contributed by atoms with Crippen LogP contribution in [-0.2, 0) is 21.9 Å². The highest BCUT2D eigenvalue weighted by atomic mass is 32.2. The monoisotopic (exact) mass is 537 g/mol. The highest BCUT2D eigenvalue weighted by molar-refractivity contribution is 8.26. The second-order valence-electron chi connectivity index (χ2n) is 6.93. The van der Waals surface area contributed by atoms with E-state index >= 15 is 0 Å². The van der Waals surface area contributed by atoms with E-state index in [1.165, 1.54) is 6.08 Å². The lowest BCUT2D eigenvalue weighted by Gasteiger charge is -2.17. The van der Waals surface area contributed by atoms with Crippen molar-refractivity contribution in [1.82, 2.24) is 5.32 Å². The van der Waals surface area contributed by atoms with E-state index in [4.69, 9.17) is 26.8 Å². The number of nitrogens with one attached hydrogen (secondary N) is 1. The lowest BCUT2D eigenvalue weighted by molar-refractivity contribution is -0.143. The molecule has 2 aromatic rings. The molecule has 0 spiro atoms. The molecule has 14 heteroatoms. The van der Waals surface area contributed by atoms with Gasteiger partial charge in [0.15, 0.2) is 18.1 Å². The van der Waals surface area contributed by atoms with Gasteiger partial charge in [-0.2, -0.15) is 26.3 Å². The van der Waals surface area contributed by atoms with Crippen LogP contribution in [0, 0.1) is 0 Å². The van der Waals surface area contributed by atoms with E-state index in [9.17, 15) is 35.9 Å². The number of aliphatic carboxylic acids is 1. The number of alkyl halides is 6. The summed E-state index contributed by atoms with van der Waals surface area (Å²) >= 11 is 5.75. The van der Waals surface area contributed by atoms with Crippen LogP contribution in [0.2, 0.25) is 0 Å². The summed E-state index contributed by atoms with van der Waals surface area (Å²) in [6, 6.07) is 3.31. The van der Waals surface area contributed by atoms with Gasteiger partial charge in [-0.25, -0.2) is 4.79 Å². The van der Waals surface area contributed by atoms with E-state index in [1.54, 1.807) is 0 Å². The van der Waals surface area contributed by atoms with Crippen LogP contribution in [0.15, 0.2) is 35.2 Å². The van der Waals surface area contributed by atoms with Gasteiger partial charge in [-0.05, 0) is 47.5 Å². The number of thiocarbonyl (C=S) groups is 1. The van der Waals surface area contributed by atoms with Gasteiger partial charge in [0.1, 0.15) is 4.32 Å². The van der Waals surface area contributed by atoms with Crippen LogP contribution < -0.4 is 14.8 Å². The minimum absolute atomic E-state index is 0.00555. The van der Waals surface area contributed by atoms with E-state index in [2.05, 4.69) is 5.32 Å². The summed E-state index contributed by atoms with van der Waals surface area (Å²) < 4.78 is 90.5. The molecule has 3 rings (SSSR count). The number of rotatable bonds is 6. The zero-order chi connectivity index (χ0) is 26.1. The van der Waals surface area contributed by atoms with Gasteiger partial charge in [0, 0.05) is 5.56 Å². The predicted octanol–water partition coefficient (Wildman–Crippen LogP) is 5.35. The minimum Gasteiger partial charge on any atom is -0.493 e. The molecule has 1 aliphatic rings. The normalized spacial score (nSPS) is 15.3. The van der Waals surface area contributed by atoms with Crippen LogP contribution in [-0.4, -0.2) is 35.0 Å². The fraction of sp³-hybridized carbons (Fsp3) is 0.190. The summed E-state index contributed by atoms with van der Waals surface area (Å²) in [6.45, 7) is -0.842. The Morgan fingerprint density at radius 3 is 2.09 bits per heavy atom. The number of thioether (sulfide) groups is 1. The van der Waals surface area contributed by atoms with Gasteiger partial charge in [-0.15, -0.1) is 0 Å². The standard InChI is InChI=1S/C21H13F6NO5S2/c1-32-14-5-9(10-3-12(20(22,23)24)7-13(4-10)21(25,26)27)2-11(17(14)33-8-16(29)30)6-15-18(31)28-19(34)35-15/h2-7H,8H2,1H3,(H,29,30)(H,28,31,34). The minimum atomic E-state index is -5.07. The molecule has 0 saturated carbocycles. The van der Waals surface area contributed by atoms with E-state index < -0.39 is 47.5 Å². The summed E-state index contributed by atoms with van der Waals surface area (Å²) in [5, 5.41) is 11.3. The number of carboxylic acid groups (broad SMARTS) is 1. The first kappa shape index (κ1) is 26.3. The van der Waals surface area contributed by atoms with Crippen molar-refractivity contribution in [2.24, 2.45) is 0 Å². The molecule has 2 aromatic carbocycles. The first-order valence-corrected chi connectivity index (χ1v) is 10.5. The second kappa shape index (κ2) is 9.77. The van der Waals surface area contributed by atoms with Crippen molar-refractivity contribution < 1.29 is 50.5 Å². The number of benzene rings is 2. The molecule has 1 aliphatic heterocycles. The number of hydrogen-bond donors (Lipinski definition) is 2. The molecule has 0 aromatic heterocycles. The highest BCUT2D eigenvalue weighted by Gasteiger charge is 2.37. The van der Waals surface area contributed by atoms with Gasteiger partial charge < -0.3 is 19.9 Å². The third kappa shape index (κ3) is 6.25. The smallest absolute Gasteiger partial charge is 0.416 e. The molecular weight excluding hydrogens is 524 g/mol. The molecule has 6 nitrogen and oxygen atoms in total. The number of amides is 1. The number of ether oxygens (including phenoxy) is 2. The highest BCUT2D eigenvalue weighted by Crippen LogP contribution is 2.42. The molecular formula is C21H13F6NO5S2. The molecule has 1 saturated heterocycles. The first-order valence-electron chi connectivity index (χ1n) is 9.30. The molecule has 0 radical (unpaired) electrons. The molecule has 186 valence electrons. The lowest BCUT2D eigenvalue weighted by Crippen LogP contribution is -2.17. The van der Waals surface area contributed by atoms with Crippen LogP contribution in [0.25, 0.3) is 17.2 Å². The van der Waals surface area contributed by atoms with Crippen LogP contribution in [0.3, 0.4) is 0 Å². The van der Waals surface area contributed by atoms with Crippen LogP contribution in [0.5, 0.6) is 11.5 Å². The number of carboxylic acids is 1. The number of carbonyl (C=O) groups is 2. The average Bonchev–Trinajstić information content (AvgIpc) is 3.07. The molecule has 0 bridgehead atoms. The van der Waals surface area contributed by atoms with Crippen molar-refractivity contribution in [1.29, 1.82) is 0 Å². The van der Waals surface area contributed by atoms with Crippen LogP contribution in [0.4, 0.5) is 26.3 Å². The Kier molecular flexibility index (Phi) is 7.36. The Bertz CT molecular complexity index is 1210. The van der Waals surface area contributed by atoms with E-state index in [1.807, 2.05) is 0 Å². The van der Waals surface area contributed by atoms with Crippen LogP contribution in [0.1, 0.15) is 16.7 Å². The van der Waals surface area contributed by atoms with Crippen molar-refractivity contribution in [3.63, 3.8) is 0 Å². The quantitative estimate of drug-likeness (QED) is 0.292. The van der Waals surface area contributed by atoms with Gasteiger partial charge in [-0.1, -0.05) is 24.0 Å². The SMILES string of the molecule is COc1cc(-c2cc(C(F)(F)F)cc(C(F)(F)F)c2)cc(C=C2SC(=S)NC2=O)c1OCC(=O)O. The average molecular weight is 537 g/mol. The van der Waals surface area contributed by atoms with E-state index in [0.29, 0.717) is 12.1 Å². The number of methoxy groups -OCH3 is 1. The lowest BCUT2D eigenvalue weighted by atomic mass is 9.96. The third-order valence-electron chi connectivity index (χ3n) is 4.49. The maximum Gasteiger partial charge on any atom is 0.416 e. The van der Waals surface area contributed by atoms with Gasteiger partial charge in [-0.3, -0.25) is 4.79 Å². The summed E-state index contributed by atoms with van der Waals surface area (Å²) in [7, 11) is 1.14. The third-order valence-corrected chi connectivity index (χ3v) is 5.66. The zero-order valence-electron chi connectivity index (χ0n) is 17.3. The predicted molar refractivity (Wildman–Crippen MR) is 118 cm³/mol. The maximum atomic E-state index is 13.3. The van der Waals surface area contributed by atoms with E-state index in [-0.39, 0.29) is 37.9 Å². The van der Waals surface area contributed by atoms with Crippen molar-refractivity contribution in [3.8, 4) is 22.6 Å².